The molecule has 0 fully saturated rings. The molecule has 0 aromatic heterocycles. The van der Waals surface area contributed by atoms with Gasteiger partial charge in [0, 0.05) is 10.0 Å². The van der Waals surface area contributed by atoms with Gasteiger partial charge < -0.3 is 20.9 Å². The van der Waals surface area contributed by atoms with Gasteiger partial charge in [0.2, 0.25) is 11.9 Å². The first-order valence-corrected chi connectivity index (χ1v) is 9.10. The molecule has 0 unspecified atom stereocenters. The second-order valence-corrected chi connectivity index (χ2v) is 6.42. The van der Waals surface area contributed by atoms with Gasteiger partial charge in [-0.15, -0.1) is 10.2 Å². The molecular weight excluding hydrogens is 435 g/mol. The van der Waals surface area contributed by atoms with Crippen LogP contribution in [-0.2, 0) is 9.59 Å². The molecule has 2 aromatic carbocycles. The van der Waals surface area contributed by atoms with E-state index in [0.717, 1.165) is 0 Å². The summed E-state index contributed by atoms with van der Waals surface area (Å²) in [6.07, 6.45) is 0. The van der Waals surface area contributed by atoms with E-state index < -0.39 is 11.8 Å². The average molecular weight is 453 g/mol. The molecule has 10 nitrogen and oxygen atoms in total. The smallest absolute Gasteiger partial charge is 0.264 e. The van der Waals surface area contributed by atoms with Crippen molar-refractivity contribution in [2.24, 2.45) is 21.7 Å². The van der Waals surface area contributed by atoms with Crippen molar-refractivity contribution in [3.63, 3.8) is 0 Å². The summed E-state index contributed by atoms with van der Waals surface area (Å²) >= 11 is 11.5. The van der Waals surface area contributed by atoms with E-state index in [-0.39, 0.29) is 25.1 Å². The van der Waals surface area contributed by atoms with Crippen LogP contribution in [0.1, 0.15) is 0 Å². The molecule has 12 heteroatoms. The molecule has 2 rings (SSSR count). The minimum atomic E-state index is -0.569. The first-order chi connectivity index (χ1) is 14.3. The number of hydrogen-bond donors (Lipinski definition) is 4. The summed E-state index contributed by atoms with van der Waals surface area (Å²) in [5, 5.41) is 12.6. The number of nitrogens with two attached hydrogens (primary N) is 2. The Balaban J connectivity index is 1.73. The van der Waals surface area contributed by atoms with Gasteiger partial charge in [-0.2, -0.15) is 0 Å². The van der Waals surface area contributed by atoms with E-state index in [2.05, 4.69) is 20.8 Å². The molecule has 0 saturated carbocycles. The summed E-state index contributed by atoms with van der Waals surface area (Å²) in [6.45, 7) is -0.619. The number of amides is 2. The van der Waals surface area contributed by atoms with Gasteiger partial charge in [-0.3, -0.25) is 20.2 Å². The molecule has 0 aliphatic heterocycles. The molecular formula is C18H18Cl2N6O4. The van der Waals surface area contributed by atoms with Crippen molar-refractivity contribution in [3.8, 4) is 11.5 Å². The van der Waals surface area contributed by atoms with E-state index in [1.165, 1.54) is 0 Å². The van der Waals surface area contributed by atoms with E-state index in [1.807, 2.05) is 0 Å². The Morgan fingerprint density at radius 2 is 1.07 bits per heavy atom. The maximum atomic E-state index is 11.8. The molecule has 30 heavy (non-hydrogen) atoms. The molecule has 0 saturated heterocycles. The Kier molecular flexibility index (Phi) is 8.73. The lowest BCUT2D eigenvalue weighted by Gasteiger charge is -2.07. The van der Waals surface area contributed by atoms with Crippen LogP contribution in [0.15, 0.2) is 58.7 Å². The highest BCUT2D eigenvalue weighted by molar-refractivity contribution is 6.30. The zero-order valence-corrected chi connectivity index (χ0v) is 17.0. The van der Waals surface area contributed by atoms with Gasteiger partial charge in [-0.1, -0.05) is 23.2 Å². The summed E-state index contributed by atoms with van der Waals surface area (Å²) in [6, 6.07) is 12.9. The van der Waals surface area contributed by atoms with Crippen molar-refractivity contribution in [3.05, 3.63) is 58.6 Å². The summed E-state index contributed by atoms with van der Waals surface area (Å²) in [4.78, 5) is 23.5. The van der Waals surface area contributed by atoms with E-state index in [1.54, 1.807) is 48.5 Å². The van der Waals surface area contributed by atoms with Crippen LogP contribution in [0.2, 0.25) is 10.0 Å². The van der Waals surface area contributed by atoms with Crippen molar-refractivity contribution in [1.29, 1.82) is 0 Å². The molecule has 0 heterocycles. The summed E-state index contributed by atoms with van der Waals surface area (Å²) in [7, 11) is 0. The van der Waals surface area contributed by atoms with Crippen molar-refractivity contribution >= 4 is 46.9 Å². The maximum Gasteiger partial charge on any atom is 0.264 e. The number of nitrogens with zero attached hydrogens (tertiary/aromatic N) is 2. The van der Waals surface area contributed by atoms with Gasteiger partial charge in [-0.25, -0.2) is 0 Å². The third kappa shape index (κ3) is 8.67. The number of halogens is 2. The number of rotatable bonds is 7. The highest BCUT2D eigenvalue weighted by Gasteiger charge is 2.06. The molecule has 0 bridgehead atoms. The molecule has 0 aliphatic rings. The van der Waals surface area contributed by atoms with Gasteiger partial charge in [0.05, 0.1) is 0 Å². The van der Waals surface area contributed by atoms with Crippen LogP contribution in [0.3, 0.4) is 0 Å². The van der Waals surface area contributed by atoms with Gasteiger partial charge >= 0.3 is 0 Å². The van der Waals surface area contributed by atoms with Crippen LogP contribution in [0.5, 0.6) is 11.5 Å². The molecule has 0 spiro atoms. The van der Waals surface area contributed by atoms with Crippen LogP contribution in [-0.4, -0.2) is 36.9 Å². The van der Waals surface area contributed by atoms with Crippen LogP contribution in [0.4, 0.5) is 0 Å². The molecule has 0 radical (unpaired) electrons. The molecule has 0 aliphatic carbocycles. The fourth-order valence-electron chi connectivity index (χ4n) is 1.87. The van der Waals surface area contributed by atoms with Crippen LogP contribution >= 0.6 is 23.2 Å². The first-order valence-electron chi connectivity index (χ1n) is 8.35. The number of benzene rings is 2. The third-order valence-corrected chi connectivity index (χ3v) is 3.67. The van der Waals surface area contributed by atoms with Crippen LogP contribution in [0.25, 0.3) is 0 Å². The van der Waals surface area contributed by atoms with Crippen molar-refractivity contribution in [2.45, 2.75) is 0 Å². The molecule has 2 amide bonds. The second kappa shape index (κ2) is 11.5. The van der Waals surface area contributed by atoms with E-state index in [4.69, 9.17) is 44.1 Å². The summed E-state index contributed by atoms with van der Waals surface area (Å²) in [5.41, 5.74) is 11.0. The highest BCUT2D eigenvalue weighted by Crippen LogP contribution is 2.16. The zero-order valence-electron chi connectivity index (χ0n) is 15.5. The van der Waals surface area contributed by atoms with Crippen molar-refractivity contribution in [1.82, 2.24) is 10.6 Å². The number of ether oxygens (including phenoxy) is 2. The third-order valence-electron chi connectivity index (χ3n) is 3.17. The lowest BCUT2D eigenvalue weighted by Crippen LogP contribution is -2.41. The van der Waals surface area contributed by atoms with Gasteiger partial charge in [-0.05, 0) is 48.5 Å². The van der Waals surface area contributed by atoms with Gasteiger partial charge in [0.1, 0.15) is 11.5 Å². The first kappa shape index (κ1) is 22.8. The van der Waals surface area contributed by atoms with E-state index >= 15 is 0 Å². The molecule has 0 atom stereocenters. The van der Waals surface area contributed by atoms with Gasteiger partial charge in [0.25, 0.3) is 11.8 Å². The largest absolute Gasteiger partial charge is 0.484 e. The Hall–Kier alpha value is -3.50. The van der Waals surface area contributed by atoms with Crippen LogP contribution in [0, 0.1) is 0 Å². The van der Waals surface area contributed by atoms with Crippen molar-refractivity contribution in [2.75, 3.05) is 13.2 Å². The second-order valence-electron chi connectivity index (χ2n) is 5.55. The quantitative estimate of drug-likeness (QED) is 0.281. The Morgan fingerprint density at radius 3 is 1.40 bits per heavy atom. The minimum Gasteiger partial charge on any atom is -0.484 e. The fourth-order valence-corrected chi connectivity index (χ4v) is 2.13. The number of guanidine groups is 2. The topological polar surface area (TPSA) is 153 Å². The molecule has 2 aromatic rings. The minimum absolute atomic E-state index is 0.310. The Morgan fingerprint density at radius 1 is 0.733 bits per heavy atom. The SMILES string of the molecule is N/C(=N\N=C(/N)NC(=O)COc1ccc(Cl)cc1)NC(=O)COc1ccc(Cl)cc1. The summed E-state index contributed by atoms with van der Waals surface area (Å²) in [5.74, 6) is -0.906. The predicted molar refractivity (Wildman–Crippen MR) is 113 cm³/mol. The monoisotopic (exact) mass is 452 g/mol. The normalized spacial score (nSPS) is 11.5. The lowest BCUT2D eigenvalue weighted by molar-refractivity contribution is -0.122. The number of carbonyl (C=O) groups is 2. The number of hydrogen-bond acceptors (Lipinski definition) is 6. The standard InChI is InChI=1S/C18H18Cl2N6O4/c19-11-1-5-13(6-2-11)29-9-15(27)23-17(21)25-26-18(22)24-16(28)10-30-14-7-3-12(20)4-8-14/h1-8H,9-10H2,(H3,21,23,25,27)(H3,22,24,26,28). The van der Waals surface area contributed by atoms with E-state index in [9.17, 15) is 9.59 Å². The number of carbonyl (C=O) groups excluding carboxylic acids is 2. The van der Waals surface area contributed by atoms with Crippen LogP contribution < -0.4 is 31.6 Å². The average Bonchev–Trinajstić information content (AvgIpc) is 2.71. The predicted octanol–water partition coefficient (Wildman–Crippen LogP) is 1.23. The lowest BCUT2D eigenvalue weighted by atomic mass is 10.3. The van der Waals surface area contributed by atoms with Crippen molar-refractivity contribution < 1.29 is 19.1 Å². The highest BCUT2D eigenvalue weighted by atomic mass is 35.5. The Labute approximate surface area is 181 Å². The van der Waals surface area contributed by atoms with E-state index in [0.29, 0.717) is 21.5 Å². The maximum absolute atomic E-state index is 11.8. The Bertz CT molecular complexity index is 855. The molecule has 158 valence electrons. The zero-order chi connectivity index (χ0) is 21.9. The van der Waals surface area contributed by atoms with Gasteiger partial charge in [0.15, 0.2) is 13.2 Å². The summed E-state index contributed by atoms with van der Waals surface area (Å²) < 4.78 is 10.5. The molecule has 6 N–H and O–H groups in total. The number of nitrogens with one attached hydrogen (secondary N) is 2. The fraction of sp³-hybridized carbons (Fsp3) is 0.111.